The van der Waals surface area contributed by atoms with Gasteiger partial charge in [0.05, 0.1) is 25.5 Å². The molecule has 0 spiro atoms. The fourth-order valence-electron chi connectivity index (χ4n) is 5.24. The number of nitrogens with two attached hydrogens (primary N) is 1. The van der Waals surface area contributed by atoms with Crippen LogP contribution in [0.1, 0.15) is 6.42 Å². The molecule has 0 radical (unpaired) electrons. The molecule has 3 aromatic heterocycles. The van der Waals surface area contributed by atoms with Gasteiger partial charge in [-0.05, 0) is 42.3 Å². The van der Waals surface area contributed by atoms with Gasteiger partial charge in [-0.25, -0.2) is 19.3 Å². The molecule has 1 aromatic carbocycles. The number of pyridine rings is 3. The van der Waals surface area contributed by atoms with Crippen molar-refractivity contribution in [3.05, 3.63) is 60.8 Å². The van der Waals surface area contributed by atoms with Crippen LogP contribution < -0.4 is 20.7 Å². The Morgan fingerprint density at radius 3 is 2.86 bits per heavy atom. The molecule has 0 saturated carbocycles. The molecule has 0 amide bonds. The van der Waals surface area contributed by atoms with Gasteiger partial charge >= 0.3 is 0 Å². The Labute approximate surface area is 208 Å². The van der Waals surface area contributed by atoms with Crippen LogP contribution in [-0.4, -0.2) is 60.4 Å². The van der Waals surface area contributed by atoms with E-state index in [0.29, 0.717) is 42.0 Å². The predicted molar refractivity (Wildman–Crippen MR) is 137 cm³/mol. The maximum atomic E-state index is 14.6. The first-order chi connectivity index (χ1) is 17.6. The van der Waals surface area contributed by atoms with Crippen LogP contribution >= 0.6 is 0 Å². The predicted octanol–water partition coefficient (Wildman–Crippen LogP) is 3.66. The van der Waals surface area contributed by atoms with Crippen molar-refractivity contribution in [2.45, 2.75) is 18.6 Å². The van der Waals surface area contributed by atoms with Crippen LogP contribution in [0, 0.1) is 5.82 Å². The molecule has 8 nitrogen and oxygen atoms in total. The first-order valence-electron chi connectivity index (χ1n) is 12.1. The Balaban J connectivity index is 1.55. The van der Waals surface area contributed by atoms with Gasteiger partial charge in [-0.2, -0.15) is 0 Å². The molecule has 0 unspecified atom stereocenters. The summed E-state index contributed by atoms with van der Waals surface area (Å²) in [7, 11) is 1.53. The van der Waals surface area contributed by atoms with E-state index in [9.17, 15) is 4.39 Å². The highest BCUT2D eigenvalue weighted by Gasteiger charge is 2.34. The number of anilines is 2. The van der Waals surface area contributed by atoms with Crippen LogP contribution in [0.15, 0.2) is 55.0 Å². The van der Waals surface area contributed by atoms with E-state index in [-0.39, 0.29) is 11.9 Å². The molecule has 2 atom stereocenters. The Bertz CT molecular complexity index is 1430. The molecule has 2 saturated heterocycles. The van der Waals surface area contributed by atoms with E-state index in [4.69, 9.17) is 15.2 Å². The largest absolute Gasteiger partial charge is 0.497 e. The maximum Gasteiger partial charge on any atom is 0.161 e. The van der Waals surface area contributed by atoms with Crippen LogP contribution in [0.5, 0.6) is 5.75 Å². The third kappa shape index (κ3) is 4.10. The van der Waals surface area contributed by atoms with Gasteiger partial charge in [0.1, 0.15) is 17.4 Å². The van der Waals surface area contributed by atoms with Gasteiger partial charge in [0.15, 0.2) is 5.65 Å². The summed E-state index contributed by atoms with van der Waals surface area (Å²) in [6.07, 6.45) is 6.19. The molecule has 2 aliphatic heterocycles. The molecule has 3 N–H and O–H groups in total. The van der Waals surface area contributed by atoms with Crippen LogP contribution in [0.3, 0.4) is 0 Å². The summed E-state index contributed by atoms with van der Waals surface area (Å²) in [5.41, 5.74) is 10.9. The van der Waals surface area contributed by atoms with Crippen LogP contribution in [-0.2, 0) is 4.74 Å². The number of methoxy groups -OCH3 is 1. The third-order valence-corrected chi connectivity index (χ3v) is 6.98. The van der Waals surface area contributed by atoms with E-state index in [1.54, 1.807) is 18.6 Å². The minimum absolute atomic E-state index is 0.0655. The quantitative estimate of drug-likeness (QED) is 0.451. The molecule has 2 aliphatic rings. The summed E-state index contributed by atoms with van der Waals surface area (Å²) >= 11 is 0. The number of rotatable bonds is 4. The zero-order chi connectivity index (χ0) is 24.6. The molecule has 6 rings (SSSR count). The number of ether oxygens (including phenoxy) is 2. The number of halogens is 1. The Morgan fingerprint density at radius 1 is 1.11 bits per heavy atom. The van der Waals surface area contributed by atoms with E-state index in [2.05, 4.69) is 25.2 Å². The molecule has 184 valence electrons. The van der Waals surface area contributed by atoms with E-state index in [1.165, 1.54) is 19.2 Å². The number of morpholine rings is 1. The highest BCUT2D eigenvalue weighted by atomic mass is 19.1. The number of hydrogen-bond acceptors (Lipinski definition) is 8. The zero-order valence-corrected chi connectivity index (χ0v) is 19.9. The molecule has 0 aliphatic carbocycles. The number of nitrogens with zero attached hydrogens (tertiary/aromatic N) is 4. The standard InChI is InChI=1S/C27H27FN6O2/c1-35-19-10-16(9-18(28)12-19)22-14-33-27-21(11-17(13-32-27)20-3-2-5-31-26(20)29)25(22)34-7-4-23-24(15-34)36-8-6-30-23/h2-3,5,9-14,23-24,30H,4,6-8,15H2,1H3,(H2,29,31)/t23-,24-/m0/s1. The second-order valence-electron chi connectivity index (χ2n) is 9.14. The summed E-state index contributed by atoms with van der Waals surface area (Å²) in [5, 5.41) is 4.43. The zero-order valence-electron chi connectivity index (χ0n) is 19.9. The number of aromatic nitrogens is 3. The molecule has 9 heteroatoms. The second-order valence-corrected chi connectivity index (χ2v) is 9.14. The van der Waals surface area contributed by atoms with Crippen LogP contribution in [0.25, 0.3) is 33.3 Å². The molecule has 36 heavy (non-hydrogen) atoms. The molecular weight excluding hydrogens is 459 g/mol. The summed E-state index contributed by atoms with van der Waals surface area (Å²) in [5.74, 6) is 0.509. The Hall–Kier alpha value is -3.82. The van der Waals surface area contributed by atoms with Gasteiger partial charge in [-0.1, -0.05) is 0 Å². The normalized spacial score (nSPS) is 19.8. The first kappa shape index (κ1) is 22.6. The van der Waals surface area contributed by atoms with Crippen molar-refractivity contribution < 1.29 is 13.9 Å². The maximum absolute atomic E-state index is 14.6. The van der Waals surface area contributed by atoms with Crippen molar-refractivity contribution in [3.8, 4) is 28.0 Å². The summed E-state index contributed by atoms with van der Waals surface area (Å²) in [6, 6.07) is 10.9. The van der Waals surface area contributed by atoms with E-state index >= 15 is 0 Å². The summed E-state index contributed by atoms with van der Waals surface area (Å²) in [4.78, 5) is 15.8. The van der Waals surface area contributed by atoms with Gasteiger partial charge < -0.3 is 25.4 Å². The monoisotopic (exact) mass is 486 g/mol. The summed E-state index contributed by atoms with van der Waals surface area (Å²) in [6.45, 7) is 3.07. The Morgan fingerprint density at radius 2 is 2.00 bits per heavy atom. The van der Waals surface area contributed by atoms with Crippen molar-refractivity contribution in [2.75, 3.05) is 44.0 Å². The average molecular weight is 487 g/mol. The minimum Gasteiger partial charge on any atom is -0.497 e. The first-order valence-corrected chi connectivity index (χ1v) is 12.1. The Kier molecular flexibility index (Phi) is 5.86. The number of hydrogen-bond donors (Lipinski definition) is 2. The highest BCUT2D eigenvalue weighted by molar-refractivity contribution is 6.00. The fraction of sp³-hybridized carbons (Fsp3) is 0.296. The highest BCUT2D eigenvalue weighted by Crippen LogP contribution is 2.40. The fourth-order valence-corrected chi connectivity index (χ4v) is 5.24. The minimum atomic E-state index is -0.371. The SMILES string of the molecule is COc1cc(F)cc(-c2cnc3ncc(-c4cccnc4N)cc3c2N2CC[C@@H]3NCCO[C@H]3C2)c1. The van der Waals surface area contributed by atoms with E-state index in [1.807, 2.05) is 24.3 Å². The lowest BCUT2D eigenvalue weighted by molar-refractivity contribution is -0.00896. The third-order valence-electron chi connectivity index (χ3n) is 6.98. The lowest BCUT2D eigenvalue weighted by Gasteiger charge is -2.43. The second kappa shape index (κ2) is 9.33. The number of fused-ring (bicyclic) bond motifs is 2. The van der Waals surface area contributed by atoms with E-state index < -0.39 is 0 Å². The molecule has 2 fully saturated rings. The lowest BCUT2D eigenvalue weighted by Crippen LogP contribution is -2.57. The average Bonchev–Trinajstić information content (AvgIpc) is 2.91. The van der Waals surface area contributed by atoms with Crippen molar-refractivity contribution in [2.24, 2.45) is 0 Å². The van der Waals surface area contributed by atoms with E-state index in [0.717, 1.165) is 47.3 Å². The summed E-state index contributed by atoms with van der Waals surface area (Å²) < 4.78 is 26.0. The number of piperidine rings is 1. The van der Waals surface area contributed by atoms with Gasteiger partial charge in [0, 0.05) is 72.4 Å². The molecule has 0 bridgehead atoms. The number of nitrogen functional groups attached to an aromatic ring is 1. The van der Waals surface area contributed by atoms with Gasteiger partial charge in [0.25, 0.3) is 0 Å². The molecule has 5 heterocycles. The smallest absolute Gasteiger partial charge is 0.161 e. The van der Waals surface area contributed by atoms with Crippen molar-refractivity contribution in [1.29, 1.82) is 0 Å². The topological polar surface area (TPSA) is 98.4 Å². The van der Waals surface area contributed by atoms with Gasteiger partial charge in [-0.3, -0.25) is 0 Å². The molecule has 4 aromatic rings. The van der Waals surface area contributed by atoms with Crippen LogP contribution in [0.2, 0.25) is 0 Å². The lowest BCUT2D eigenvalue weighted by atomic mass is 9.96. The van der Waals surface area contributed by atoms with Gasteiger partial charge in [-0.15, -0.1) is 0 Å². The van der Waals surface area contributed by atoms with Crippen molar-refractivity contribution in [1.82, 2.24) is 20.3 Å². The van der Waals surface area contributed by atoms with Gasteiger partial charge in [0.2, 0.25) is 0 Å². The molecular formula is C27H27FN6O2. The number of nitrogens with one attached hydrogen (secondary N) is 1. The number of benzene rings is 1. The van der Waals surface area contributed by atoms with Crippen molar-refractivity contribution in [3.63, 3.8) is 0 Å². The van der Waals surface area contributed by atoms with Crippen LogP contribution in [0.4, 0.5) is 15.9 Å². The van der Waals surface area contributed by atoms with Crippen molar-refractivity contribution >= 4 is 22.5 Å².